The molecule has 0 aromatic heterocycles. The van der Waals surface area contributed by atoms with Crippen LogP contribution >= 0.6 is 12.4 Å². The van der Waals surface area contributed by atoms with E-state index in [1.165, 1.54) is 17.7 Å². The normalized spacial score (nSPS) is 13.7. The zero-order chi connectivity index (χ0) is 24.8. The molecular formula is C28H31ClF3NO2. The molecule has 1 heterocycles. The average molecular weight is 506 g/mol. The van der Waals surface area contributed by atoms with E-state index in [1.54, 1.807) is 0 Å². The average Bonchev–Trinajstić information content (AvgIpc) is 2.79. The quantitative estimate of drug-likeness (QED) is 0.395. The number of fused-ring (bicyclic) bond motifs is 1. The van der Waals surface area contributed by atoms with E-state index >= 15 is 0 Å². The van der Waals surface area contributed by atoms with Gasteiger partial charge >= 0.3 is 6.18 Å². The minimum Gasteiger partial charge on any atom is -0.494 e. The van der Waals surface area contributed by atoms with Crippen LogP contribution < -0.4 is 15.2 Å². The van der Waals surface area contributed by atoms with E-state index in [9.17, 15) is 13.2 Å². The Morgan fingerprint density at radius 3 is 2.17 bits per heavy atom. The maximum atomic E-state index is 12.8. The van der Waals surface area contributed by atoms with Crippen molar-refractivity contribution >= 4 is 18.0 Å². The van der Waals surface area contributed by atoms with Gasteiger partial charge in [0, 0.05) is 11.6 Å². The molecule has 7 heteroatoms. The molecule has 0 radical (unpaired) electrons. The number of ether oxygens (including phenoxy) is 2. The van der Waals surface area contributed by atoms with E-state index < -0.39 is 17.3 Å². The SMILES string of the molecule is CCOc1ccc2c(c1)OC(C)(C)C=C2c1ccc(C(F)(F)F)cc1.Cl.NCCc1ccccc1. The van der Waals surface area contributed by atoms with Crippen LogP contribution in [-0.2, 0) is 12.6 Å². The van der Waals surface area contributed by atoms with Gasteiger partial charge in [0.25, 0.3) is 0 Å². The minimum absolute atomic E-state index is 0. The fraction of sp³-hybridized carbons (Fsp3) is 0.286. The maximum Gasteiger partial charge on any atom is 0.416 e. The fourth-order valence-corrected chi connectivity index (χ4v) is 3.69. The molecule has 3 aromatic carbocycles. The second kappa shape index (κ2) is 12.1. The summed E-state index contributed by atoms with van der Waals surface area (Å²) in [6.45, 7) is 7.01. The molecule has 0 spiro atoms. The molecule has 0 bridgehead atoms. The summed E-state index contributed by atoms with van der Waals surface area (Å²) in [6.07, 6.45) is -1.43. The molecule has 1 aliphatic heterocycles. The summed E-state index contributed by atoms with van der Waals surface area (Å²) in [5.74, 6) is 1.36. The van der Waals surface area contributed by atoms with Gasteiger partial charge in [-0.25, -0.2) is 0 Å². The first-order chi connectivity index (χ1) is 16.1. The van der Waals surface area contributed by atoms with Crippen molar-refractivity contribution in [3.05, 3.63) is 101 Å². The second-order valence-corrected chi connectivity index (χ2v) is 8.45. The zero-order valence-corrected chi connectivity index (χ0v) is 20.9. The van der Waals surface area contributed by atoms with Crippen molar-refractivity contribution in [1.82, 2.24) is 0 Å². The van der Waals surface area contributed by atoms with E-state index in [0.29, 0.717) is 18.1 Å². The van der Waals surface area contributed by atoms with Gasteiger partial charge in [0.2, 0.25) is 0 Å². The number of benzene rings is 3. The van der Waals surface area contributed by atoms with Crippen molar-refractivity contribution in [2.45, 2.75) is 39.0 Å². The lowest BCUT2D eigenvalue weighted by molar-refractivity contribution is -0.137. The fourth-order valence-electron chi connectivity index (χ4n) is 3.69. The predicted octanol–water partition coefficient (Wildman–Crippen LogP) is 7.32. The Morgan fingerprint density at radius 1 is 0.943 bits per heavy atom. The first kappa shape index (κ1) is 28.3. The topological polar surface area (TPSA) is 44.5 Å². The van der Waals surface area contributed by atoms with E-state index in [1.807, 2.05) is 63.2 Å². The lowest BCUT2D eigenvalue weighted by Crippen LogP contribution is -2.29. The van der Waals surface area contributed by atoms with Gasteiger partial charge in [0.15, 0.2) is 0 Å². The first-order valence-electron chi connectivity index (χ1n) is 11.2. The molecule has 3 aromatic rings. The third-order valence-corrected chi connectivity index (χ3v) is 5.22. The highest BCUT2D eigenvalue weighted by atomic mass is 35.5. The van der Waals surface area contributed by atoms with Crippen LogP contribution in [0.15, 0.2) is 78.9 Å². The van der Waals surface area contributed by atoms with Crippen LogP contribution in [0, 0.1) is 0 Å². The third kappa shape index (κ3) is 7.77. The van der Waals surface area contributed by atoms with E-state index in [0.717, 1.165) is 41.8 Å². The summed E-state index contributed by atoms with van der Waals surface area (Å²) in [6, 6.07) is 21.0. The number of nitrogens with two attached hydrogens (primary N) is 1. The monoisotopic (exact) mass is 505 g/mol. The van der Waals surface area contributed by atoms with Crippen LogP contribution in [0.4, 0.5) is 13.2 Å². The molecule has 0 aliphatic carbocycles. The molecular weight excluding hydrogens is 475 g/mol. The minimum atomic E-state index is -4.34. The number of halogens is 4. The Hall–Kier alpha value is -2.96. The second-order valence-electron chi connectivity index (χ2n) is 8.45. The number of hydrogen-bond donors (Lipinski definition) is 1. The molecule has 2 N–H and O–H groups in total. The molecule has 188 valence electrons. The van der Waals surface area contributed by atoms with Crippen molar-refractivity contribution in [3.63, 3.8) is 0 Å². The summed E-state index contributed by atoms with van der Waals surface area (Å²) >= 11 is 0. The summed E-state index contributed by atoms with van der Waals surface area (Å²) in [5.41, 5.74) is 7.85. The zero-order valence-electron chi connectivity index (χ0n) is 20.1. The van der Waals surface area contributed by atoms with Crippen molar-refractivity contribution < 1.29 is 22.6 Å². The van der Waals surface area contributed by atoms with Gasteiger partial charge in [-0.3, -0.25) is 0 Å². The van der Waals surface area contributed by atoms with Crippen LogP contribution in [0.25, 0.3) is 5.57 Å². The predicted molar refractivity (Wildman–Crippen MR) is 137 cm³/mol. The molecule has 3 nitrogen and oxygen atoms in total. The van der Waals surface area contributed by atoms with Crippen molar-refractivity contribution in [1.29, 1.82) is 0 Å². The summed E-state index contributed by atoms with van der Waals surface area (Å²) in [7, 11) is 0. The number of hydrogen-bond acceptors (Lipinski definition) is 3. The van der Waals surface area contributed by atoms with Gasteiger partial charge < -0.3 is 15.2 Å². The van der Waals surface area contributed by atoms with E-state index in [4.69, 9.17) is 15.2 Å². The molecule has 4 rings (SSSR count). The summed E-state index contributed by atoms with van der Waals surface area (Å²) in [5, 5.41) is 0. The van der Waals surface area contributed by atoms with Crippen molar-refractivity contribution in [2.24, 2.45) is 5.73 Å². The van der Waals surface area contributed by atoms with Crippen LogP contribution in [-0.4, -0.2) is 18.8 Å². The van der Waals surface area contributed by atoms with Gasteiger partial charge in [-0.05, 0) is 80.8 Å². The van der Waals surface area contributed by atoms with Crippen LogP contribution in [0.5, 0.6) is 11.5 Å². The van der Waals surface area contributed by atoms with Gasteiger partial charge in [-0.2, -0.15) is 13.2 Å². The smallest absolute Gasteiger partial charge is 0.416 e. The Balaban J connectivity index is 0.000000366. The standard InChI is InChI=1S/C20H19F3O2.C8H11N.ClH/c1-4-24-15-9-10-16-17(12-19(2,3)25-18(16)11-15)13-5-7-14(8-6-13)20(21,22)23;9-7-6-8-4-2-1-3-5-8;/h5-12H,4H2,1-3H3;1-5H,6-7,9H2;1H. The van der Waals surface area contributed by atoms with Crippen molar-refractivity contribution in [2.75, 3.05) is 13.2 Å². The van der Waals surface area contributed by atoms with Gasteiger partial charge in [-0.15, -0.1) is 12.4 Å². The molecule has 0 saturated heterocycles. The summed E-state index contributed by atoms with van der Waals surface area (Å²) < 4.78 is 49.9. The van der Waals surface area contributed by atoms with Gasteiger partial charge in [0.1, 0.15) is 17.1 Å². The molecule has 0 fully saturated rings. The highest BCUT2D eigenvalue weighted by Crippen LogP contribution is 2.41. The van der Waals surface area contributed by atoms with Gasteiger partial charge in [-0.1, -0.05) is 42.5 Å². The van der Waals surface area contributed by atoms with E-state index in [2.05, 4.69) is 12.1 Å². The molecule has 1 aliphatic rings. The van der Waals surface area contributed by atoms with Crippen molar-refractivity contribution in [3.8, 4) is 11.5 Å². The lowest BCUT2D eigenvalue weighted by Gasteiger charge is -2.31. The summed E-state index contributed by atoms with van der Waals surface area (Å²) in [4.78, 5) is 0. The van der Waals surface area contributed by atoms with Crippen LogP contribution in [0.2, 0.25) is 0 Å². The molecule has 0 saturated carbocycles. The molecule has 35 heavy (non-hydrogen) atoms. The number of rotatable bonds is 5. The Kier molecular flexibility index (Phi) is 9.81. The molecule has 0 unspecified atom stereocenters. The first-order valence-corrected chi connectivity index (χ1v) is 11.2. The molecule has 0 atom stereocenters. The maximum absolute atomic E-state index is 12.8. The van der Waals surface area contributed by atoms with Crippen LogP contribution in [0.1, 0.15) is 43.0 Å². The Bertz CT molecular complexity index is 1110. The van der Waals surface area contributed by atoms with Crippen LogP contribution in [0.3, 0.4) is 0 Å². The molecule has 0 amide bonds. The highest BCUT2D eigenvalue weighted by Gasteiger charge is 2.31. The number of alkyl halides is 3. The highest BCUT2D eigenvalue weighted by molar-refractivity contribution is 5.85. The largest absolute Gasteiger partial charge is 0.494 e. The Labute approximate surface area is 211 Å². The Morgan fingerprint density at radius 2 is 1.60 bits per heavy atom. The third-order valence-electron chi connectivity index (χ3n) is 5.22. The lowest BCUT2D eigenvalue weighted by atomic mass is 9.89. The van der Waals surface area contributed by atoms with Gasteiger partial charge in [0.05, 0.1) is 12.2 Å². The van der Waals surface area contributed by atoms with E-state index in [-0.39, 0.29) is 12.4 Å².